The first-order chi connectivity index (χ1) is 20.0. The maximum atomic E-state index is 12.8. The van der Waals surface area contributed by atoms with Crippen LogP contribution in [-0.2, 0) is 11.3 Å². The fourth-order valence-electron chi connectivity index (χ4n) is 6.16. The number of rotatable bonds is 8. The van der Waals surface area contributed by atoms with Gasteiger partial charge in [-0.25, -0.2) is 9.59 Å². The number of hydrogen-bond donors (Lipinski definition) is 1. The van der Waals surface area contributed by atoms with E-state index in [1.807, 2.05) is 72.8 Å². The highest BCUT2D eigenvalue weighted by atomic mass is 16.5. The van der Waals surface area contributed by atoms with Gasteiger partial charge in [0.25, 0.3) is 0 Å². The maximum absolute atomic E-state index is 12.8. The third kappa shape index (κ3) is 5.43. The zero-order valence-corrected chi connectivity index (χ0v) is 23.0. The lowest BCUT2D eigenvalue weighted by atomic mass is 9.82. The van der Waals surface area contributed by atoms with Crippen LogP contribution >= 0.6 is 0 Å². The van der Waals surface area contributed by atoms with E-state index in [1.165, 1.54) is 0 Å². The third-order valence-corrected chi connectivity index (χ3v) is 8.21. The van der Waals surface area contributed by atoms with E-state index in [0.29, 0.717) is 29.2 Å². The average molecular weight is 552 g/mol. The van der Waals surface area contributed by atoms with Crippen LogP contribution in [0.25, 0.3) is 34.4 Å². The number of methoxy groups -OCH3 is 1. The number of carboxylic acid groups (broad SMARTS) is 1. The molecule has 3 aromatic carbocycles. The normalized spacial score (nSPS) is 20.3. The summed E-state index contributed by atoms with van der Waals surface area (Å²) < 4.78 is 12.0. The molecule has 210 valence electrons. The number of ether oxygens (including phenoxy) is 1. The van der Waals surface area contributed by atoms with Crippen molar-refractivity contribution in [1.82, 2.24) is 9.47 Å². The predicted octanol–water partition coefficient (Wildman–Crippen LogP) is 6.17. The number of piperidine rings is 3. The van der Waals surface area contributed by atoms with Gasteiger partial charge in [0.1, 0.15) is 0 Å². The molecule has 0 unspecified atom stereocenters. The number of carbonyl (C=O) groups is 1. The number of benzene rings is 3. The Labute approximate surface area is 238 Å². The van der Waals surface area contributed by atoms with Crippen LogP contribution < -0.4 is 10.7 Å². The summed E-state index contributed by atoms with van der Waals surface area (Å²) in [6.07, 6.45) is 8.30. The molecule has 1 N–H and O–H groups in total. The van der Waals surface area contributed by atoms with Gasteiger partial charge in [-0.15, -0.1) is 0 Å². The Morgan fingerprint density at radius 2 is 1.80 bits per heavy atom. The zero-order valence-electron chi connectivity index (χ0n) is 23.0. The first-order valence-corrected chi connectivity index (χ1v) is 13.9. The molecule has 3 aliphatic heterocycles. The lowest BCUT2D eigenvalue weighted by Gasteiger charge is -2.48. The van der Waals surface area contributed by atoms with Gasteiger partial charge in [0, 0.05) is 18.7 Å². The minimum atomic E-state index is -0.932. The van der Waals surface area contributed by atoms with Gasteiger partial charge in [0.05, 0.1) is 30.6 Å². The van der Waals surface area contributed by atoms with Crippen molar-refractivity contribution in [3.8, 4) is 11.1 Å². The van der Waals surface area contributed by atoms with E-state index in [4.69, 9.17) is 9.15 Å². The Balaban J connectivity index is 1.33. The van der Waals surface area contributed by atoms with E-state index >= 15 is 0 Å². The molecule has 0 aliphatic carbocycles. The second kappa shape index (κ2) is 11.5. The second-order valence-electron chi connectivity index (χ2n) is 10.6. The van der Waals surface area contributed by atoms with Gasteiger partial charge in [-0.05, 0) is 72.8 Å². The number of amides is 1. The zero-order chi connectivity index (χ0) is 28.3. The molecule has 0 radical (unpaired) electrons. The number of hydrogen-bond acceptors (Lipinski definition) is 5. The Bertz CT molecular complexity index is 1660. The molecule has 8 nitrogen and oxygen atoms in total. The summed E-state index contributed by atoms with van der Waals surface area (Å²) >= 11 is 0. The topological polar surface area (TPSA) is 88.2 Å². The van der Waals surface area contributed by atoms with E-state index in [9.17, 15) is 14.7 Å². The maximum Gasteiger partial charge on any atom is 0.420 e. The van der Waals surface area contributed by atoms with Crippen LogP contribution in [0.5, 0.6) is 0 Å². The first-order valence-electron chi connectivity index (χ1n) is 13.9. The molecule has 3 saturated heterocycles. The molecular formula is C33H33N3O5. The predicted molar refractivity (Wildman–Crippen MR) is 161 cm³/mol. The average Bonchev–Trinajstić information content (AvgIpc) is 3.31. The summed E-state index contributed by atoms with van der Waals surface area (Å²) in [4.78, 5) is 29.4. The molecule has 3 fully saturated rings. The Morgan fingerprint density at radius 3 is 2.51 bits per heavy atom. The van der Waals surface area contributed by atoms with E-state index in [-0.39, 0.29) is 6.04 Å². The molecule has 1 atom stereocenters. The molecule has 41 heavy (non-hydrogen) atoms. The van der Waals surface area contributed by atoms with Crippen molar-refractivity contribution in [3.63, 3.8) is 0 Å². The van der Waals surface area contributed by atoms with Gasteiger partial charge in [-0.2, -0.15) is 0 Å². The van der Waals surface area contributed by atoms with Crippen LogP contribution in [0.2, 0.25) is 0 Å². The molecule has 1 aromatic heterocycles. The summed E-state index contributed by atoms with van der Waals surface area (Å²) in [7, 11) is 1.58. The summed E-state index contributed by atoms with van der Waals surface area (Å²) in [5.74, 6) is -0.0808. The van der Waals surface area contributed by atoms with Crippen molar-refractivity contribution in [2.24, 2.45) is 5.92 Å². The quantitative estimate of drug-likeness (QED) is 0.264. The lowest BCUT2D eigenvalue weighted by Crippen LogP contribution is -2.59. The molecule has 3 aliphatic rings. The number of nitrogens with zero attached hydrogens (tertiary/aromatic N) is 3. The number of allylic oxidation sites excluding steroid dienone is 1. The molecule has 0 spiro atoms. The van der Waals surface area contributed by atoms with Gasteiger partial charge in [-0.3, -0.25) is 9.47 Å². The summed E-state index contributed by atoms with van der Waals surface area (Å²) in [6.45, 7) is 3.15. The summed E-state index contributed by atoms with van der Waals surface area (Å²) in [5.41, 5.74) is 5.48. The van der Waals surface area contributed by atoms with Crippen LogP contribution in [0.15, 0.2) is 88.3 Å². The molecule has 1 amide bonds. The van der Waals surface area contributed by atoms with Crippen LogP contribution in [0.1, 0.15) is 24.0 Å². The van der Waals surface area contributed by atoms with Gasteiger partial charge >= 0.3 is 11.8 Å². The Morgan fingerprint density at radius 1 is 1.05 bits per heavy atom. The highest BCUT2D eigenvalue weighted by Crippen LogP contribution is 2.39. The Kier molecular flexibility index (Phi) is 7.48. The van der Waals surface area contributed by atoms with Crippen molar-refractivity contribution in [2.45, 2.75) is 25.4 Å². The number of aromatic nitrogens is 1. The molecule has 0 saturated carbocycles. The summed E-state index contributed by atoms with van der Waals surface area (Å²) in [6, 6.07) is 21.3. The smallest absolute Gasteiger partial charge is 0.420 e. The SMILES string of the molecule is COC=Cc1ccc2c(c1)oc(=O)n2C/C=C/c1ccc(-c2ccccc2)c(N(C(=O)O)[C@H]2CN3CCC2CC3)c1. The van der Waals surface area contributed by atoms with Crippen LogP contribution in [0.4, 0.5) is 10.5 Å². The fraction of sp³-hybridized carbons (Fsp3) is 0.273. The van der Waals surface area contributed by atoms with Crippen LogP contribution in [0.3, 0.4) is 0 Å². The van der Waals surface area contributed by atoms with Crippen molar-refractivity contribution in [2.75, 3.05) is 31.6 Å². The second-order valence-corrected chi connectivity index (χ2v) is 10.6. The minimum absolute atomic E-state index is 0.0869. The number of anilines is 1. The fourth-order valence-corrected chi connectivity index (χ4v) is 6.16. The van der Waals surface area contributed by atoms with Crippen LogP contribution in [0, 0.1) is 5.92 Å². The van der Waals surface area contributed by atoms with E-state index < -0.39 is 11.8 Å². The van der Waals surface area contributed by atoms with Crippen molar-refractivity contribution < 1.29 is 19.1 Å². The highest BCUT2D eigenvalue weighted by molar-refractivity contribution is 5.94. The van der Waals surface area contributed by atoms with Crippen molar-refractivity contribution in [1.29, 1.82) is 0 Å². The van der Waals surface area contributed by atoms with Crippen LogP contribution in [-0.4, -0.2) is 53.5 Å². The molecule has 4 heterocycles. The Hall–Kier alpha value is -4.56. The molecule has 8 heteroatoms. The highest BCUT2D eigenvalue weighted by Gasteiger charge is 2.40. The molecule has 2 bridgehead atoms. The summed E-state index contributed by atoms with van der Waals surface area (Å²) in [5, 5.41) is 10.5. The van der Waals surface area contributed by atoms with Gasteiger partial charge < -0.3 is 19.2 Å². The number of fused-ring (bicyclic) bond motifs is 4. The molecule has 4 aromatic rings. The monoisotopic (exact) mass is 551 g/mol. The van der Waals surface area contributed by atoms with Gasteiger partial charge in [0.15, 0.2) is 5.58 Å². The lowest BCUT2D eigenvalue weighted by molar-refractivity contribution is 0.0838. The third-order valence-electron chi connectivity index (χ3n) is 8.21. The van der Waals surface area contributed by atoms with E-state index in [1.54, 1.807) is 35.0 Å². The standard InChI is InChI=1S/C33H33N3O5/c1-40-19-15-24-10-12-28-31(21-24)41-33(39)35(28)16-5-6-23-9-11-27(25-7-3-2-4-8-25)29(20-23)36(32(37)38)30-22-34-17-13-26(30)14-18-34/h2-12,15,19-21,26,30H,13-14,16-18,22H2,1H3,(H,37,38)/b6-5+,19-15?/t30-/m0/s1. The number of oxazole rings is 1. The largest absolute Gasteiger partial charge is 0.504 e. The van der Waals surface area contributed by atoms with Gasteiger partial charge in [-0.1, -0.05) is 60.7 Å². The van der Waals surface area contributed by atoms with E-state index in [0.717, 1.165) is 54.7 Å². The minimum Gasteiger partial charge on any atom is -0.504 e. The first kappa shape index (κ1) is 26.7. The van der Waals surface area contributed by atoms with Crippen molar-refractivity contribution in [3.05, 3.63) is 101 Å². The van der Waals surface area contributed by atoms with Crippen molar-refractivity contribution >= 4 is 35.0 Å². The van der Waals surface area contributed by atoms with E-state index in [2.05, 4.69) is 4.90 Å². The molecule has 7 rings (SSSR count). The van der Waals surface area contributed by atoms with Gasteiger partial charge in [0.2, 0.25) is 0 Å². The molecular weight excluding hydrogens is 518 g/mol.